The second-order valence-corrected chi connectivity index (χ2v) is 5.80. The lowest BCUT2D eigenvalue weighted by molar-refractivity contribution is -0.123. The average molecular weight is 328 g/mol. The maximum absolute atomic E-state index is 11.9. The van der Waals surface area contributed by atoms with Crippen LogP contribution in [0.2, 0.25) is 0 Å². The zero-order valence-corrected chi connectivity index (χ0v) is 14.4. The number of amides is 1. The summed E-state index contributed by atoms with van der Waals surface area (Å²) in [5.74, 6) is 1.24. The van der Waals surface area contributed by atoms with Gasteiger partial charge < -0.3 is 19.7 Å². The molecule has 2 rings (SSSR count). The molecule has 2 aromatic rings. The van der Waals surface area contributed by atoms with Crippen LogP contribution in [-0.4, -0.2) is 38.6 Å². The number of ether oxygens (including phenoxy) is 2. The Hall–Kier alpha value is -2.53. The molecule has 0 aliphatic rings. The zero-order chi connectivity index (χ0) is 17.4. The predicted molar refractivity (Wildman–Crippen MR) is 94.2 cm³/mol. The smallest absolute Gasteiger partial charge is 0.258 e. The van der Waals surface area contributed by atoms with Gasteiger partial charge in [-0.05, 0) is 49.5 Å². The molecular weight excluding hydrogens is 304 g/mol. The first kappa shape index (κ1) is 17.8. The van der Waals surface area contributed by atoms with Crippen molar-refractivity contribution in [1.29, 1.82) is 0 Å². The molecule has 0 aliphatic carbocycles. The number of carbonyl (C=O) groups excluding carboxylic acids is 1. The van der Waals surface area contributed by atoms with Crippen molar-refractivity contribution in [2.75, 3.05) is 27.8 Å². The summed E-state index contributed by atoms with van der Waals surface area (Å²) in [6, 6.07) is 15.4. The van der Waals surface area contributed by atoms with E-state index >= 15 is 0 Å². The minimum Gasteiger partial charge on any atom is -0.497 e. The van der Waals surface area contributed by atoms with Gasteiger partial charge in [-0.15, -0.1) is 0 Å². The molecule has 128 valence electrons. The van der Waals surface area contributed by atoms with Crippen molar-refractivity contribution in [3.63, 3.8) is 0 Å². The molecule has 0 bridgehead atoms. The van der Waals surface area contributed by atoms with Gasteiger partial charge in [0, 0.05) is 13.1 Å². The summed E-state index contributed by atoms with van der Waals surface area (Å²) in [4.78, 5) is 14.0. The molecule has 24 heavy (non-hydrogen) atoms. The van der Waals surface area contributed by atoms with Gasteiger partial charge in [0.2, 0.25) is 0 Å². The van der Waals surface area contributed by atoms with E-state index in [1.807, 2.05) is 26.2 Å². The molecule has 0 fully saturated rings. The van der Waals surface area contributed by atoms with E-state index in [-0.39, 0.29) is 12.5 Å². The zero-order valence-electron chi connectivity index (χ0n) is 14.4. The van der Waals surface area contributed by atoms with Gasteiger partial charge in [0.25, 0.3) is 5.91 Å². The molecule has 0 saturated carbocycles. The van der Waals surface area contributed by atoms with Crippen molar-refractivity contribution in [2.45, 2.75) is 13.1 Å². The number of hydrogen-bond acceptors (Lipinski definition) is 4. The number of methoxy groups -OCH3 is 1. The fraction of sp³-hybridized carbons (Fsp3) is 0.316. The van der Waals surface area contributed by atoms with Gasteiger partial charge in [-0.1, -0.05) is 24.3 Å². The van der Waals surface area contributed by atoms with Crippen LogP contribution in [0, 0.1) is 0 Å². The topological polar surface area (TPSA) is 50.8 Å². The molecule has 0 saturated heterocycles. The van der Waals surface area contributed by atoms with Crippen LogP contribution in [-0.2, 0) is 17.9 Å². The Labute approximate surface area is 143 Å². The Balaban J connectivity index is 1.74. The van der Waals surface area contributed by atoms with E-state index in [2.05, 4.69) is 22.3 Å². The molecule has 0 radical (unpaired) electrons. The second kappa shape index (κ2) is 8.93. The highest BCUT2D eigenvalue weighted by molar-refractivity contribution is 5.77. The third-order valence-corrected chi connectivity index (χ3v) is 3.44. The summed E-state index contributed by atoms with van der Waals surface area (Å²) in [5.41, 5.74) is 2.31. The standard InChI is InChI=1S/C19H24N2O3/c1-21(2)13-16-6-4-15(5-7-16)12-20-19(22)14-24-18-10-8-17(23-3)9-11-18/h4-11H,12-14H2,1-3H3,(H,20,22). The van der Waals surface area contributed by atoms with Crippen LogP contribution >= 0.6 is 0 Å². The van der Waals surface area contributed by atoms with E-state index in [1.165, 1.54) is 5.56 Å². The summed E-state index contributed by atoms with van der Waals surface area (Å²) in [6.07, 6.45) is 0. The fourth-order valence-electron chi connectivity index (χ4n) is 2.20. The first-order chi connectivity index (χ1) is 11.6. The maximum atomic E-state index is 11.9. The summed E-state index contributed by atoms with van der Waals surface area (Å²) in [6.45, 7) is 1.39. The lowest BCUT2D eigenvalue weighted by Crippen LogP contribution is -2.28. The van der Waals surface area contributed by atoms with Crippen LogP contribution in [0.25, 0.3) is 0 Å². The summed E-state index contributed by atoms with van der Waals surface area (Å²) in [7, 11) is 5.68. The van der Waals surface area contributed by atoms with Crippen LogP contribution in [0.15, 0.2) is 48.5 Å². The summed E-state index contributed by atoms with van der Waals surface area (Å²) in [5, 5.41) is 2.85. The van der Waals surface area contributed by atoms with Crippen LogP contribution < -0.4 is 14.8 Å². The van der Waals surface area contributed by atoms with Gasteiger partial charge in [-0.2, -0.15) is 0 Å². The first-order valence-electron chi connectivity index (χ1n) is 7.83. The Kier molecular flexibility index (Phi) is 6.63. The highest BCUT2D eigenvalue weighted by Crippen LogP contribution is 2.16. The summed E-state index contributed by atoms with van der Waals surface area (Å²) < 4.78 is 10.5. The van der Waals surface area contributed by atoms with Gasteiger partial charge in [0.15, 0.2) is 6.61 Å². The van der Waals surface area contributed by atoms with E-state index < -0.39 is 0 Å². The van der Waals surface area contributed by atoms with E-state index in [9.17, 15) is 4.79 Å². The van der Waals surface area contributed by atoms with Gasteiger partial charge in [0.05, 0.1) is 7.11 Å². The number of hydrogen-bond donors (Lipinski definition) is 1. The Morgan fingerprint density at radius 1 is 0.958 bits per heavy atom. The number of carbonyl (C=O) groups is 1. The number of benzene rings is 2. The number of rotatable bonds is 8. The Morgan fingerprint density at radius 2 is 1.54 bits per heavy atom. The normalized spacial score (nSPS) is 10.5. The van der Waals surface area contributed by atoms with Gasteiger partial charge >= 0.3 is 0 Å². The number of nitrogens with zero attached hydrogens (tertiary/aromatic N) is 1. The van der Waals surface area contributed by atoms with Crippen LogP contribution in [0.5, 0.6) is 11.5 Å². The van der Waals surface area contributed by atoms with Crippen molar-refractivity contribution in [2.24, 2.45) is 0 Å². The molecule has 1 N–H and O–H groups in total. The Morgan fingerprint density at radius 3 is 2.12 bits per heavy atom. The van der Waals surface area contributed by atoms with Crippen molar-refractivity contribution in [1.82, 2.24) is 10.2 Å². The molecule has 0 spiro atoms. The number of nitrogens with one attached hydrogen (secondary N) is 1. The second-order valence-electron chi connectivity index (χ2n) is 5.80. The quantitative estimate of drug-likeness (QED) is 0.809. The highest BCUT2D eigenvalue weighted by Gasteiger charge is 2.04. The third-order valence-electron chi connectivity index (χ3n) is 3.44. The molecule has 0 aromatic heterocycles. The molecule has 0 atom stereocenters. The minimum atomic E-state index is -0.150. The third kappa shape index (κ3) is 5.93. The van der Waals surface area contributed by atoms with Crippen molar-refractivity contribution >= 4 is 5.91 Å². The molecule has 0 aliphatic heterocycles. The lowest BCUT2D eigenvalue weighted by Gasteiger charge is -2.11. The van der Waals surface area contributed by atoms with Gasteiger partial charge in [-0.3, -0.25) is 4.79 Å². The van der Waals surface area contributed by atoms with Crippen molar-refractivity contribution in [3.8, 4) is 11.5 Å². The molecule has 5 nitrogen and oxygen atoms in total. The van der Waals surface area contributed by atoms with E-state index in [0.717, 1.165) is 17.9 Å². The van der Waals surface area contributed by atoms with Crippen LogP contribution in [0.3, 0.4) is 0 Å². The average Bonchev–Trinajstić information content (AvgIpc) is 2.59. The maximum Gasteiger partial charge on any atom is 0.258 e. The molecule has 2 aromatic carbocycles. The van der Waals surface area contributed by atoms with Gasteiger partial charge in [0.1, 0.15) is 11.5 Å². The molecule has 5 heteroatoms. The SMILES string of the molecule is COc1ccc(OCC(=O)NCc2ccc(CN(C)C)cc2)cc1. The molecule has 0 unspecified atom stereocenters. The first-order valence-corrected chi connectivity index (χ1v) is 7.83. The van der Waals surface area contributed by atoms with E-state index in [4.69, 9.17) is 9.47 Å². The highest BCUT2D eigenvalue weighted by atomic mass is 16.5. The van der Waals surface area contributed by atoms with E-state index in [0.29, 0.717) is 12.3 Å². The lowest BCUT2D eigenvalue weighted by atomic mass is 10.1. The Bertz CT molecular complexity index is 637. The predicted octanol–water partition coefficient (Wildman–Crippen LogP) is 2.45. The van der Waals surface area contributed by atoms with Crippen LogP contribution in [0.4, 0.5) is 0 Å². The molecule has 0 heterocycles. The molecule has 1 amide bonds. The minimum absolute atomic E-state index is 0.00889. The van der Waals surface area contributed by atoms with Crippen molar-refractivity contribution < 1.29 is 14.3 Å². The fourth-order valence-corrected chi connectivity index (χ4v) is 2.20. The van der Waals surface area contributed by atoms with Gasteiger partial charge in [-0.25, -0.2) is 0 Å². The monoisotopic (exact) mass is 328 g/mol. The largest absolute Gasteiger partial charge is 0.497 e. The molecular formula is C19H24N2O3. The summed E-state index contributed by atoms with van der Waals surface area (Å²) >= 11 is 0. The van der Waals surface area contributed by atoms with E-state index in [1.54, 1.807) is 31.4 Å². The van der Waals surface area contributed by atoms with Crippen LogP contribution in [0.1, 0.15) is 11.1 Å². The van der Waals surface area contributed by atoms with Crippen molar-refractivity contribution in [3.05, 3.63) is 59.7 Å².